The monoisotopic (exact) mass is 465 g/mol. The van der Waals surface area contributed by atoms with Crippen molar-refractivity contribution < 1.29 is 4.79 Å². The highest BCUT2D eigenvalue weighted by molar-refractivity contribution is 6.04. The Kier molecular flexibility index (Phi) is 6.53. The first kappa shape index (κ1) is 22.7. The Hall–Kier alpha value is -4.06. The van der Waals surface area contributed by atoms with E-state index in [1.54, 1.807) is 30.9 Å². The van der Waals surface area contributed by atoms with Gasteiger partial charge in [0.15, 0.2) is 0 Å². The van der Waals surface area contributed by atoms with Crippen LogP contribution in [0.4, 0.5) is 5.69 Å². The van der Waals surface area contributed by atoms with Crippen molar-refractivity contribution in [2.24, 2.45) is 0 Å². The molecule has 1 aromatic carbocycles. The Balaban J connectivity index is 1.26. The summed E-state index contributed by atoms with van der Waals surface area (Å²) in [5.74, 6) is 6.52. The summed E-state index contributed by atoms with van der Waals surface area (Å²) in [5.41, 5.74) is 5.04. The number of aryl methyl sites for hydroxylation is 1. The van der Waals surface area contributed by atoms with Gasteiger partial charge in [-0.1, -0.05) is 12.0 Å². The van der Waals surface area contributed by atoms with Gasteiger partial charge in [-0.3, -0.25) is 19.1 Å². The third kappa shape index (κ3) is 5.38. The highest BCUT2D eigenvalue weighted by Gasteiger charge is 2.15. The van der Waals surface area contributed by atoms with E-state index in [2.05, 4.69) is 61.9 Å². The molecule has 0 aliphatic carbocycles. The number of carbonyl (C=O) groups is 1. The van der Waals surface area contributed by atoms with Crippen LogP contribution in [0.5, 0.6) is 0 Å². The molecule has 0 spiro atoms. The van der Waals surface area contributed by atoms with Crippen LogP contribution in [0.25, 0.3) is 5.78 Å². The Morgan fingerprint density at radius 2 is 1.91 bits per heavy atom. The second kappa shape index (κ2) is 10.1. The number of benzene rings is 1. The number of imidazole rings is 1. The third-order valence-corrected chi connectivity index (χ3v) is 6.21. The molecule has 5 rings (SSSR count). The van der Waals surface area contributed by atoms with E-state index in [4.69, 9.17) is 0 Å². The van der Waals surface area contributed by atoms with E-state index in [-0.39, 0.29) is 5.91 Å². The van der Waals surface area contributed by atoms with Crippen molar-refractivity contribution in [2.45, 2.75) is 13.5 Å². The molecule has 3 aromatic heterocycles. The molecule has 35 heavy (non-hydrogen) atoms. The maximum atomic E-state index is 12.9. The van der Waals surface area contributed by atoms with Crippen LogP contribution < -0.4 is 5.32 Å². The summed E-state index contributed by atoms with van der Waals surface area (Å²) in [4.78, 5) is 30.3. The van der Waals surface area contributed by atoms with E-state index in [0.717, 1.165) is 44.1 Å². The molecule has 0 unspecified atom stereocenters. The highest BCUT2D eigenvalue weighted by Crippen LogP contribution is 2.18. The van der Waals surface area contributed by atoms with Gasteiger partial charge in [0, 0.05) is 68.8 Å². The predicted molar refractivity (Wildman–Crippen MR) is 135 cm³/mol. The number of likely N-dealkylation sites (N-methyl/N-ethyl adjacent to an activating group) is 1. The standard InChI is InChI=1S/C27H27N7O/c1-20-14-24(6-5-22(20)19-33-12-10-32(2)11-13-33)31-26(35)23-15-21(16-28-17-23)4-7-25-18-30-27-29-8-3-9-34(25)27/h3,5-6,8-9,14-18H,10-13,19H2,1-2H3,(H,31,35). The minimum Gasteiger partial charge on any atom is -0.322 e. The quantitative estimate of drug-likeness (QED) is 0.467. The Morgan fingerprint density at radius 3 is 2.74 bits per heavy atom. The zero-order valence-electron chi connectivity index (χ0n) is 19.9. The molecule has 0 radical (unpaired) electrons. The first-order valence-corrected chi connectivity index (χ1v) is 11.6. The summed E-state index contributed by atoms with van der Waals surface area (Å²) in [6.07, 6.45) is 8.42. The SMILES string of the molecule is Cc1cc(NC(=O)c2cncc(C#Cc3cnc4ncccn34)c2)ccc1CN1CCN(C)CC1. The van der Waals surface area contributed by atoms with E-state index < -0.39 is 0 Å². The molecule has 1 aliphatic rings. The highest BCUT2D eigenvalue weighted by atomic mass is 16.1. The fourth-order valence-corrected chi connectivity index (χ4v) is 4.09. The summed E-state index contributed by atoms with van der Waals surface area (Å²) in [6, 6.07) is 9.66. The Labute approximate surface area is 204 Å². The molecule has 1 saturated heterocycles. The van der Waals surface area contributed by atoms with Crippen LogP contribution in [0.3, 0.4) is 0 Å². The van der Waals surface area contributed by atoms with Crippen molar-refractivity contribution in [3.8, 4) is 11.8 Å². The lowest BCUT2D eigenvalue weighted by molar-refractivity contribution is 0.102. The van der Waals surface area contributed by atoms with E-state index >= 15 is 0 Å². The minimum absolute atomic E-state index is 0.216. The van der Waals surface area contributed by atoms with E-state index in [0.29, 0.717) is 16.9 Å². The molecule has 1 aliphatic heterocycles. The summed E-state index contributed by atoms with van der Waals surface area (Å²) in [5, 5.41) is 2.99. The summed E-state index contributed by atoms with van der Waals surface area (Å²) < 4.78 is 1.81. The molecule has 1 N–H and O–H groups in total. The number of piperazine rings is 1. The summed E-state index contributed by atoms with van der Waals surface area (Å²) >= 11 is 0. The Bertz CT molecular complexity index is 1420. The van der Waals surface area contributed by atoms with Gasteiger partial charge in [-0.15, -0.1) is 0 Å². The van der Waals surface area contributed by atoms with Gasteiger partial charge in [0.25, 0.3) is 5.91 Å². The lowest BCUT2D eigenvalue weighted by atomic mass is 10.1. The fraction of sp³-hybridized carbons (Fsp3) is 0.259. The average Bonchev–Trinajstić information content (AvgIpc) is 3.29. The maximum absolute atomic E-state index is 12.9. The zero-order chi connectivity index (χ0) is 24.2. The van der Waals surface area contributed by atoms with Crippen LogP contribution in [0.2, 0.25) is 0 Å². The van der Waals surface area contributed by atoms with Gasteiger partial charge in [-0.05, 0) is 55.3 Å². The number of hydrogen-bond donors (Lipinski definition) is 1. The van der Waals surface area contributed by atoms with Crippen molar-refractivity contribution in [1.29, 1.82) is 0 Å². The van der Waals surface area contributed by atoms with Crippen LogP contribution in [-0.4, -0.2) is 68.3 Å². The number of pyridine rings is 1. The largest absolute Gasteiger partial charge is 0.322 e. The molecule has 0 bridgehead atoms. The second-order valence-corrected chi connectivity index (χ2v) is 8.82. The Morgan fingerprint density at radius 1 is 1.06 bits per heavy atom. The van der Waals surface area contributed by atoms with E-state index in [9.17, 15) is 4.79 Å². The van der Waals surface area contributed by atoms with Gasteiger partial charge in [-0.2, -0.15) is 0 Å². The molecular weight excluding hydrogens is 438 g/mol. The number of hydrogen-bond acceptors (Lipinski definition) is 6. The molecule has 4 aromatic rings. The molecule has 8 heteroatoms. The molecular formula is C27H27N7O. The van der Waals surface area contributed by atoms with Crippen LogP contribution in [0, 0.1) is 18.8 Å². The topological polar surface area (TPSA) is 78.7 Å². The molecule has 1 fully saturated rings. The fourth-order valence-electron chi connectivity index (χ4n) is 4.09. The van der Waals surface area contributed by atoms with Crippen molar-refractivity contribution in [1.82, 2.24) is 29.2 Å². The molecule has 0 saturated carbocycles. The normalized spacial score (nSPS) is 14.5. The predicted octanol–water partition coefficient (Wildman–Crippen LogP) is 2.83. The van der Waals surface area contributed by atoms with Crippen molar-refractivity contribution in [3.63, 3.8) is 0 Å². The molecule has 4 heterocycles. The number of nitrogens with zero attached hydrogens (tertiary/aromatic N) is 6. The average molecular weight is 466 g/mol. The van der Waals surface area contributed by atoms with Gasteiger partial charge < -0.3 is 10.2 Å². The van der Waals surface area contributed by atoms with Crippen molar-refractivity contribution >= 4 is 17.4 Å². The minimum atomic E-state index is -0.216. The lowest BCUT2D eigenvalue weighted by Gasteiger charge is -2.32. The van der Waals surface area contributed by atoms with E-state index in [1.807, 2.05) is 28.8 Å². The van der Waals surface area contributed by atoms with Crippen LogP contribution in [0.15, 0.2) is 61.3 Å². The summed E-state index contributed by atoms with van der Waals surface area (Å²) in [6.45, 7) is 7.38. The molecule has 1 amide bonds. The zero-order valence-corrected chi connectivity index (χ0v) is 19.9. The van der Waals surface area contributed by atoms with Crippen LogP contribution in [0.1, 0.15) is 32.7 Å². The first-order valence-electron chi connectivity index (χ1n) is 11.6. The second-order valence-electron chi connectivity index (χ2n) is 8.82. The van der Waals surface area contributed by atoms with E-state index in [1.165, 1.54) is 11.1 Å². The van der Waals surface area contributed by atoms with Gasteiger partial charge in [0.05, 0.1) is 11.8 Å². The number of nitrogens with one attached hydrogen (secondary N) is 1. The smallest absolute Gasteiger partial charge is 0.257 e. The molecule has 8 nitrogen and oxygen atoms in total. The number of aromatic nitrogens is 4. The third-order valence-electron chi connectivity index (χ3n) is 6.21. The van der Waals surface area contributed by atoms with Gasteiger partial charge >= 0.3 is 0 Å². The molecule has 0 atom stereocenters. The lowest BCUT2D eigenvalue weighted by Crippen LogP contribution is -2.43. The summed E-state index contributed by atoms with van der Waals surface area (Å²) in [7, 11) is 2.16. The number of fused-ring (bicyclic) bond motifs is 1. The van der Waals surface area contributed by atoms with Crippen LogP contribution in [-0.2, 0) is 6.54 Å². The van der Waals surface area contributed by atoms with Gasteiger partial charge in [0.2, 0.25) is 5.78 Å². The van der Waals surface area contributed by atoms with Crippen molar-refractivity contribution in [2.75, 3.05) is 38.5 Å². The number of carbonyl (C=O) groups excluding carboxylic acids is 1. The first-order chi connectivity index (χ1) is 17.0. The van der Waals surface area contributed by atoms with Crippen molar-refractivity contribution in [3.05, 3.63) is 89.3 Å². The van der Waals surface area contributed by atoms with Crippen LogP contribution >= 0.6 is 0 Å². The maximum Gasteiger partial charge on any atom is 0.257 e. The van der Waals surface area contributed by atoms with Gasteiger partial charge in [0.1, 0.15) is 5.69 Å². The number of rotatable bonds is 4. The number of amides is 1. The van der Waals surface area contributed by atoms with Gasteiger partial charge in [-0.25, -0.2) is 9.97 Å². The number of anilines is 1. The molecule has 176 valence electrons.